The van der Waals surface area contributed by atoms with E-state index in [1.165, 1.54) is 55.7 Å². The minimum atomic E-state index is 0.328. The van der Waals surface area contributed by atoms with Crippen LogP contribution >= 0.6 is 0 Å². The molecule has 3 nitrogen and oxygen atoms in total. The third-order valence-electron chi connectivity index (χ3n) is 4.76. The Kier molecular flexibility index (Phi) is 3.42. The van der Waals surface area contributed by atoms with Crippen LogP contribution in [-0.2, 0) is 19.9 Å². The molecule has 1 aromatic heterocycles. The first-order chi connectivity index (χ1) is 8.75. The highest BCUT2D eigenvalue weighted by atomic mass is 15.1. The fourth-order valence-corrected chi connectivity index (χ4v) is 3.66. The number of nitrogens with zero attached hydrogens (tertiary/aromatic N) is 2. The molecule has 1 atom stereocenters. The molecule has 0 radical (unpaired) electrons. The molecule has 1 unspecified atom stereocenters. The van der Waals surface area contributed by atoms with Gasteiger partial charge in [-0.05, 0) is 25.7 Å². The fourth-order valence-electron chi connectivity index (χ4n) is 3.66. The lowest BCUT2D eigenvalue weighted by Crippen LogP contribution is -2.28. The molecule has 2 aliphatic carbocycles. The predicted octanol–water partition coefficient (Wildman–Crippen LogP) is 2.67. The van der Waals surface area contributed by atoms with E-state index >= 15 is 0 Å². The van der Waals surface area contributed by atoms with Crippen LogP contribution in [0.2, 0.25) is 0 Å². The second kappa shape index (κ2) is 5.04. The maximum absolute atomic E-state index is 6.06. The molecule has 1 aromatic rings. The van der Waals surface area contributed by atoms with Gasteiger partial charge in [-0.1, -0.05) is 25.7 Å². The molecule has 1 heterocycles. The Hall–Kier alpha value is -0.830. The molecule has 3 heteroatoms. The summed E-state index contributed by atoms with van der Waals surface area (Å²) < 4.78 is 2.39. The Morgan fingerprint density at radius 1 is 1.11 bits per heavy atom. The number of hydrogen-bond donors (Lipinski definition) is 1. The summed E-state index contributed by atoms with van der Waals surface area (Å²) in [6, 6.07) is 0.328. The summed E-state index contributed by atoms with van der Waals surface area (Å²) in [4.78, 5) is 4.95. The number of imidazole rings is 1. The molecular weight excluding hydrogens is 222 g/mol. The van der Waals surface area contributed by atoms with Gasteiger partial charge in [0.25, 0.3) is 0 Å². The zero-order valence-corrected chi connectivity index (χ0v) is 11.5. The largest absolute Gasteiger partial charge is 0.335 e. The van der Waals surface area contributed by atoms with E-state index in [0.29, 0.717) is 12.0 Å². The smallest absolute Gasteiger partial charge is 0.112 e. The summed E-state index contributed by atoms with van der Waals surface area (Å²) in [6.45, 7) is 0. The van der Waals surface area contributed by atoms with Crippen LogP contribution in [0.15, 0.2) is 0 Å². The summed E-state index contributed by atoms with van der Waals surface area (Å²) in [6.07, 6.45) is 11.4. The maximum atomic E-state index is 6.06. The van der Waals surface area contributed by atoms with Gasteiger partial charge in [0.1, 0.15) is 5.82 Å². The molecular formula is C15H25N3. The van der Waals surface area contributed by atoms with Gasteiger partial charge in [-0.15, -0.1) is 0 Å². The van der Waals surface area contributed by atoms with Crippen molar-refractivity contribution in [3.63, 3.8) is 0 Å². The van der Waals surface area contributed by atoms with E-state index < -0.39 is 0 Å². The molecule has 0 aromatic carbocycles. The van der Waals surface area contributed by atoms with E-state index in [0.717, 1.165) is 19.3 Å². The summed E-state index contributed by atoms with van der Waals surface area (Å²) in [5.41, 5.74) is 8.81. The van der Waals surface area contributed by atoms with Gasteiger partial charge in [-0.25, -0.2) is 4.98 Å². The normalized spacial score (nSPS) is 25.8. The fraction of sp³-hybridized carbons (Fsp3) is 0.800. The predicted molar refractivity (Wildman–Crippen MR) is 73.7 cm³/mol. The van der Waals surface area contributed by atoms with Crippen LogP contribution in [0.25, 0.3) is 0 Å². The van der Waals surface area contributed by atoms with Gasteiger partial charge < -0.3 is 10.3 Å². The van der Waals surface area contributed by atoms with Gasteiger partial charge in [-0.3, -0.25) is 0 Å². The van der Waals surface area contributed by atoms with Crippen molar-refractivity contribution in [2.75, 3.05) is 0 Å². The highest BCUT2D eigenvalue weighted by Gasteiger charge is 2.26. The third-order valence-corrected chi connectivity index (χ3v) is 4.76. The van der Waals surface area contributed by atoms with Crippen LogP contribution < -0.4 is 5.73 Å². The quantitative estimate of drug-likeness (QED) is 0.775. The van der Waals surface area contributed by atoms with Crippen LogP contribution in [0.1, 0.15) is 68.1 Å². The molecule has 0 bridgehead atoms. The first-order valence-electron chi connectivity index (χ1n) is 7.55. The monoisotopic (exact) mass is 247 g/mol. The molecule has 18 heavy (non-hydrogen) atoms. The SMILES string of the molecule is Cn1c(C2CCCCCC2)nc2c1CCC(N)C2. The molecule has 0 spiro atoms. The Morgan fingerprint density at radius 3 is 2.56 bits per heavy atom. The van der Waals surface area contributed by atoms with Crippen molar-refractivity contribution in [2.24, 2.45) is 12.8 Å². The lowest BCUT2D eigenvalue weighted by Gasteiger charge is -2.18. The summed E-state index contributed by atoms with van der Waals surface area (Å²) >= 11 is 0. The van der Waals surface area contributed by atoms with Crippen molar-refractivity contribution in [3.8, 4) is 0 Å². The Labute approximate surface area is 110 Å². The van der Waals surface area contributed by atoms with Crippen molar-refractivity contribution in [3.05, 3.63) is 17.2 Å². The topological polar surface area (TPSA) is 43.8 Å². The highest BCUT2D eigenvalue weighted by molar-refractivity contribution is 5.23. The molecule has 0 aliphatic heterocycles. The van der Waals surface area contributed by atoms with E-state index in [1.807, 2.05) is 0 Å². The van der Waals surface area contributed by atoms with Crippen molar-refractivity contribution in [1.29, 1.82) is 0 Å². The molecule has 3 rings (SSSR count). The lowest BCUT2D eigenvalue weighted by atomic mass is 9.97. The Bertz CT molecular complexity index is 414. The second-order valence-corrected chi connectivity index (χ2v) is 6.11. The first-order valence-corrected chi connectivity index (χ1v) is 7.55. The highest BCUT2D eigenvalue weighted by Crippen LogP contribution is 2.33. The van der Waals surface area contributed by atoms with Gasteiger partial charge in [0, 0.05) is 31.1 Å². The van der Waals surface area contributed by atoms with Gasteiger partial charge >= 0.3 is 0 Å². The molecule has 1 fully saturated rings. The molecule has 100 valence electrons. The van der Waals surface area contributed by atoms with E-state index in [9.17, 15) is 0 Å². The van der Waals surface area contributed by atoms with Gasteiger partial charge in [0.2, 0.25) is 0 Å². The van der Waals surface area contributed by atoms with Crippen LogP contribution in [0.5, 0.6) is 0 Å². The zero-order chi connectivity index (χ0) is 12.5. The standard InChI is InChI=1S/C15H25N3/c1-18-14-9-8-12(16)10-13(14)17-15(18)11-6-4-2-3-5-7-11/h11-12H,2-10,16H2,1H3. The molecule has 2 N–H and O–H groups in total. The number of aromatic nitrogens is 2. The van der Waals surface area contributed by atoms with Gasteiger partial charge in [0.05, 0.1) is 5.69 Å². The average Bonchev–Trinajstić information content (AvgIpc) is 2.57. The van der Waals surface area contributed by atoms with Crippen molar-refractivity contribution in [2.45, 2.75) is 69.7 Å². The summed E-state index contributed by atoms with van der Waals surface area (Å²) in [5, 5.41) is 0. The van der Waals surface area contributed by atoms with Crippen LogP contribution in [-0.4, -0.2) is 15.6 Å². The second-order valence-electron chi connectivity index (χ2n) is 6.11. The van der Waals surface area contributed by atoms with E-state index in [-0.39, 0.29) is 0 Å². The minimum absolute atomic E-state index is 0.328. The third kappa shape index (κ3) is 2.20. The van der Waals surface area contributed by atoms with Crippen molar-refractivity contribution < 1.29 is 0 Å². The van der Waals surface area contributed by atoms with Gasteiger partial charge in [-0.2, -0.15) is 0 Å². The number of fused-ring (bicyclic) bond motifs is 1. The first kappa shape index (κ1) is 12.2. The number of nitrogens with two attached hydrogens (primary N) is 1. The maximum Gasteiger partial charge on any atom is 0.112 e. The summed E-state index contributed by atoms with van der Waals surface area (Å²) in [5.74, 6) is 2.04. The zero-order valence-electron chi connectivity index (χ0n) is 11.5. The average molecular weight is 247 g/mol. The van der Waals surface area contributed by atoms with E-state index in [2.05, 4.69) is 11.6 Å². The van der Waals surface area contributed by atoms with Crippen molar-refractivity contribution in [1.82, 2.24) is 9.55 Å². The Morgan fingerprint density at radius 2 is 1.83 bits per heavy atom. The summed E-state index contributed by atoms with van der Waals surface area (Å²) in [7, 11) is 2.21. The molecule has 0 saturated heterocycles. The minimum Gasteiger partial charge on any atom is -0.335 e. The van der Waals surface area contributed by atoms with Gasteiger partial charge in [0.15, 0.2) is 0 Å². The number of rotatable bonds is 1. The van der Waals surface area contributed by atoms with Crippen molar-refractivity contribution >= 4 is 0 Å². The van der Waals surface area contributed by atoms with Crippen LogP contribution in [0, 0.1) is 0 Å². The Balaban J connectivity index is 1.88. The van der Waals surface area contributed by atoms with E-state index in [1.54, 1.807) is 0 Å². The molecule has 2 aliphatic rings. The molecule has 1 saturated carbocycles. The lowest BCUT2D eigenvalue weighted by molar-refractivity contribution is 0.532. The van der Waals surface area contributed by atoms with Crippen LogP contribution in [0.4, 0.5) is 0 Å². The number of hydrogen-bond acceptors (Lipinski definition) is 2. The van der Waals surface area contributed by atoms with Crippen LogP contribution in [0.3, 0.4) is 0 Å². The van der Waals surface area contributed by atoms with E-state index in [4.69, 9.17) is 10.7 Å². The molecule has 0 amide bonds.